The smallest absolute Gasteiger partial charge is 0.326 e. The summed E-state index contributed by atoms with van der Waals surface area (Å²) in [6.45, 7) is 0. The van der Waals surface area contributed by atoms with Gasteiger partial charge in [0.1, 0.15) is 18.1 Å². The number of aromatic nitrogens is 2. The summed E-state index contributed by atoms with van der Waals surface area (Å²) in [6, 6.07) is -6.09. The molecule has 0 bridgehead atoms. The van der Waals surface area contributed by atoms with Gasteiger partial charge in [-0.3, -0.25) is 28.8 Å². The van der Waals surface area contributed by atoms with Crippen LogP contribution in [0.25, 0.3) is 0 Å². The summed E-state index contributed by atoms with van der Waals surface area (Å²) in [5.41, 5.74) is 11.1. The fourth-order valence-corrected chi connectivity index (χ4v) is 2.99. The Morgan fingerprint density at radius 2 is 1.43 bits per heavy atom. The third kappa shape index (κ3) is 11.6. The molecule has 4 amide bonds. The van der Waals surface area contributed by atoms with Crippen LogP contribution in [0.3, 0.4) is 0 Å². The highest BCUT2D eigenvalue weighted by Crippen LogP contribution is 2.05. The lowest BCUT2D eigenvalue weighted by Gasteiger charge is -2.24. The summed E-state index contributed by atoms with van der Waals surface area (Å²) >= 11 is 0. The third-order valence-electron chi connectivity index (χ3n) is 4.92. The van der Waals surface area contributed by atoms with Gasteiger partial charge in [-0.25, -0.2) is 9.78 Å². The Balaban J connectivity index is 3.00. The molecule has 0 fully saturated rings. The van der Waals surface area contributed by atoms with E-state index < -0.39 is 78.5 Å². The number of hydrogen-bond donors (Lipinski definition) is 9. The van der Waals surface area contributed by atoms with E-state index in [1.54, 1.807) is 0 Å². The highest BCUT2D eigenvalue weighted by Gasteiger charge is 2.32. The Labute approximate surface area is 209 Å². The number of rotatable bonds is 17. The average molecular weight is 527 g/mol. The van der Waals surface area contributed by atoms with Gasteiger partial charge in [-0.2, -0.15) is 0 Å². The van der Waals surface area contributed by atoms with Crippen molar-refractivity contribution in [2.75, 3.05) is 0 Å². The minimum absolute atomic E-state index is 0.222. The lowest BCUT2D eigenvalue weighted by Crippen LogP contribution is -2.57. The second-order valence-electron chi connectivity index (χ2n) is 7.94. The summed E-state index contributed by atoms with van der Waals surface area (Å²) in [5, 5.41) is 33.8. The van der Waals surface area contributed by atoms with E-state index >= 15 is 0 Å². The second-order valence-corrected chi connectivity index (χ2v) is 7.94. The van der Waals surface area contributed by atoms with Gasteiger partial charge in [0.2, 0.25) is 23.6 Å². The molecule has 0 aromatic carbocycles. The quantitative estimate of drug-likeness (QED) is 0.0950. The molecule has 204 valence electrons. The van der Waals surface area contributed by atoms with E-state index in [0.717, 1.165) is 0 Å². The molecule has 17 heteroatoms. The summed E-state index contributed by atoms with van der Waals surface area (Å²) < 4.78 is 0. The van der Waals surface area contributed by atoms with E-state index in [1.807, 2.05) is 0 Å². The standard InChI is InChI=1S/C20H29N7O10/c21-10(1-4-15(29)30)17(33)25-11(2-3-14(22)28)18(34)26-12(6-16(31)32)19(35)27-13(20(36)37)5-9-7-23-8-24-9/h7-8,10-13H,1-6,21H2,(H2,22,28)(H,23,24)(H,25,33)(H,26,34)(H,27,35)(H,29,30)(H,31,32)(H,36,37). The lowest BCUT2D eigenvalue weighted by molar-refractivity contribution is -0.143. The molecule has 0 aliphatic rings. The molecule has 0 aliphatic heterocycles. The number of carboxylic acid groups (broad SMARTS) is 3. The maximum Gasteiger partial charge on any atom is 0.326 e. The molecule has 4 unspecified atom stereocenters. The van der Waals surface area contributed by atoms with Crippen LogP contribution in [-0.4, -0.2) is 91.0 Å². The van der Waals surface area contributed by atoms with Gasteiger partial charge in [-0.15, -0.1) is 0 Å². The minimum Gasteiger partial charge on any atom is -0.481 e. The molecule has 1 heterocycles. The first-order valence-electron chi connectivity index (χ1n) is 10.9. The maximum absolute atomic E-state index is 12.8. The van der Waals surface area contributed by atoms with E-state index in [0.29, 0.717) is 5.69 Å². The van der Waals surface area contributed by atoms with Gasteiger partial charge < -0.3 is 47.7 Å². The van der Waals surface area contributed by atoms with Crippen LogP contribution >= 0.6 is 0 Å². The molecule has 0 radical (unpaired) electrons. The number of carbonyl (C=O) groups is 7. The summed E-state index contributed by atoms with van der Waals surface area (Å²) in [4.78, 5) is 89.0. The van der Waals surface area contributed by atoms with Gasteiger partial charge in [0.05, 0.1) is 18.8 Å². The van der Waals surface area contributed by atoms with Crippen molar-refractivity contribution in [3.63, 3.8) is 0 Å². The number of nitrogens with two attached hydrogens (primary N) is 2. The largest absolute Gasteiger partial charge is 0.481 e. The number of primary amides is 1. The highest BCUT2D eigenvalue weighted by molar-refractivity contribution is 5.95. The monoisotopic (exact) mass is 527 g/mol. The number of aromatic amines is 1. The zero-order valence-electron chi connectivity index (χ0n) is 19.5. The van der Waals surface area contributed by atoms with Gasteiger partial charge in [0.15, 0.2) is 0 Å². The van der Waals surface area contributed by atoms with Crippen molar-refractivity contribution in [1.29, 1.82) is 0 Å². The molecule has 0 spiro atoms. The van der Waals surface area contributed by atoms with E-state index in [2.05, 4.69) is 25.9 Å². The summed E-state index contributed by atoms with van der Waals surface area (Å²) in [6.07, 6.45) is 0.0206. The molecule has 1 aromatic rings. The Hall–Kier alpha value is -4.54. The number of nitrogens with zero attached hydrogens (tertiary/aromatic N) is 1. The number of amides is 4. The minimum atomic E-state index is -1.76. The predicted molar refractivity (Wildman–Crippen MR) is 121 cm³/mol. The Morgan fingerprint density at radius 3 is 1.95 bits per heavy atom. The van der Waals surface area contributed by atoms with E-state index in [9.17, 15) is 43.8 Å². The number of H-pyrrole nitrogens is 1. The number of carbonyl (C=O) groups excluding carboxylic acids is 4. The normalized spacial score (nSPS) is 13.9. The lowest BCUT2D eigenvalue weighted by atomic mass is 10.1. The van der Waals surface area contributed by atoms with Crippen LogP contribution in [0.2, 0.25) is 0 Å². The van der Waals surface area contributed by atoms with E-state index in [-0.39, 0.29) is 25.7 Å². The van der Waals surface area contributed by atoms with Gasteiger partial charge in [-0.1, -0.05) is 0 Å². The fourth-order valence-electron chi connectivity index (χ4n) is 2.99. The SMILES string of the molecule is NC(=O)CCC(NC(=O)C(N)CCC(=O)O)C(=O)NC(CC(=O)O)C(=O)NC(Cc1cnc[nH]1)C(=O)O. The number of hydrogen-bond acceptors (Lipinski definition) is 9. The van der Waals surface area contributed by atoms with Crippen LogP contribution in [-0.2, 0) is 40.0 Å². The van der Waals surface area contributed by atoms with E-state index in [1.165, 1.54) is 12.5 Å². The van der Waals surface area contributed by atoms with Crippen molar-refractivity contribution in [3.05, 3.63) is 18.2 Å². The molecular weight excluding hydrogens is 498 g/mol. The third-order valence-corrected chi connectivity index (χ3v) is 4.92. The predicted octanol–water partition coefficient (Wildman–Crippen LogP) is -3.58. The second kappa shape index (κ2) is 14.8. The van der Waals surface area contributed by atoms with Crippen molar-refractivity contribution in [2.24, 2.45) is 11.5 Å². The van der Waals surface area contributed by atoms with Crippen molar-refractivity contribution in [2.45, 2.75) is 62.7 Å². The van der Waals surface area contributed by atoms with Crippen molar-refractivity contribution >= 4 is 41.5 Å². The van der Waals surface area contributed by atoms with Crippen LogP contribution in [0.5, 0.6) is 0 Å². The van der Waals surface area contributed by atoms with Gasteiger partial charge in [0.25, 0.3) is 0 Å². The first kappa shape index (κ1) is 30.5. The molecule has 1 aromatic heterocycles. The maximum atomic E-state index is 12.8. The molecule has 4 atom stereocenters. The number of aliphatic carboxylic acids is 3. The topological polar surface area (TPSA) is 297 Å². The molecule has 11 N–H and O–H groups in total. The number of nitrogens with one attached hydrogen (secondary N) is 4. The first-order chi connectivity index (χ1) is 17.3. The molecule has 0 saturated heterocycles. The van der Waals surface area contributed by atoms with Crippen LogP contribution in [0.1, 0.15) is 37.8 Å². The Bertz CT molecular complexity index is 998. The van der Waals surface area contributed by atoms with Crippen molar-refractivity contribution < 1.29 is 48.9 Å². The molecule has 37 heavy (non-hydrogen) atoms. The van der Waals surface area contributed by atoms with Crippen LogP contribution in [0, 0.1) is 0 Å². The molecule has 17 nitrogen and oxygen atoms in total. The summed E-state index contributed by atoms with van der Waals surface area (Å²) in [7, 11) is 0. The van der Waals surface area contributed by atoms with Crippen LogP contribution in [0.4, 0.5) is 0 Å². The van der Waals surface area contributed by atoms with Gasteiger partial charge in [-0.05, 0) is 12.8 Å². The fraction of sp³-hybridized carbons (Fsp3) is 0.500. The molecular formula is C20H29N7O10. The zero-order chi connectivity index (χ0) is 28.1. The zero-order valence-corrected chi connectivity index (χ0v) is 19.5. The van der Waals surface area contributed by atoms with Crippen molar-refractivity contribution in [1.82, 2.24) is 25.9 Å². The molecule has 1 rings (SSSR count). The van der Waals surface area contributed by atoms with Crippen LogP contribution < -0.4 is 27.4 Å². The van der Waals surface area contributed by atoms with E-state index in [4.69, 9.17) is 16.6 Å². The Morgan fingerprint density at radius 1 is 0.838 bits per heavy atom. The molecule has 0 aliphatic carbocycles. The Kier molecular flexibility index (Phi) is 12.2. The van der Waals surface area contributed by atoms with Gasteiger partial charge in [0, 0.05) is 31.2 Å². The number of carboxylic acids is 3. The highest BCUT2D eigenvalue weighted by atomic mass is 16.4. The van der Waals surface area contributed by atoms with Gasteiger partial charge >= 0.3 is 17.9 Å². The molecule has 0 saturated carbocycles. The van der Waals surface area contributed by atoms with Crippen molar-refractivity contribution in [3.8, 4) is 0 Å². The summed E-state index contributed by atoms with van der Waals surface area (Å²) in [5.74, 6) is -8.14. The first-order valence-corrected chi connectivity index (χ1v) is 10.9. The average Bonchev–Trinajstić information content (AvgIpc) is 3.31. The van der Waals surface area contributed by atoms with Crippen LogP contribution in [0.15, 0.2) is 12.5 Å². The number of imidazole rings is 1.